The Morgan fingerprint density at radius 1 is 1.32 bits per heavy atom. The third-order valence-electron chi connectivity index (χ3n) is 6.32. The van der Waals surface area contributed by atoms with Crippen LogP contribution in [0.1, 0.15) is 36.9 Å². The van der Waals surface area contributed by atoms with Gasteiger partial charge in [0.2, 0.25) is 5.91 Å². The fourth-order valence-electron chi connectivity index (χ4n) is 4.92. The van der Waals surface area contributed by atoms with E-state index in [0.717, 1.165) is 51.0 Å². The summed E-state index contributed by atoms with van der Waals surface area (Å²) in [6, 6.07) is 4.01. The predicted molar refractivity (Wildman–Crippen MR) is 90.2 cm³/mol. The number of carbonyl (C=O) groups is 1. The van der Waals surface area contributed by atoms with Gasteiger partial charge in [-0.2, -0.15) is 0 Å². The zero-order chi connectivity index (χ0) is 17.7. The van der Waals surface area contributed by atoms with Gasteiger partial charge in [-0.1, -0.05) is 12.5 Å². The molecule has 1 aromatic heterocycles. The van der Waals surface area contributed by atoms with Crippen LogP contribution in [-0.4, -0.2) is 52.8 Å². The van der Waals surface area contributed by atoms with E-state index in [4.69, 9.17) is 0 Å². The van der Waals surface area contributed by atoms with Gasteiger partial charge in [0.1, 0.15) is 0 Å². The molecule has 3 fully saturated rings. The molecule has 0 bridgehead atoms. The van der Waals surface area contributed by atoms with Crippen LogP contribution in [0.3, 0.4) is 0 Å². The van der Waals surface area contributed by atoms with Gasteiger partial charge < -0.3 is 4.90 Å². The Bertz CT molecular complexity index is 672. The summed E-state index contributed by atoms with van der Waals surface area (Å²) >= 11 is 0. The summed E-state index contributed by atoms with van der Waals surface area (Å²) in [5, 5.41) is 0. The Balaban J connectivity index is 1.43. The van der Waals surface area contributed by atoms with Gasteiger partial charge in [0, 0.05) is 25.2 Å². The van der Waals surface area contributed by atoms with Gasteiger partial charge in [-0.15, -0.1) is 0 Å². The number of aromatic nitrogens is 1. The summed E-state index contributed by atoms with van der Waals surface area (Å²) in [7, 11) is 0. The second-order valence-corrected chi connectivity index (χ2v) is 8.09. The van der Waals surface area contributed by atoms with Crippen molar-refractivity contribution in [2.75, 3.05) is 26.2 Å². The lowest BCUT2D eigenvalue weighted by atomic mass is 9.76. The molecule has 0 N–H and O–H groups in total. The molecule has 1 saturated carbocycles. The Morgan fingerprint density at radius 2 is 2.12 bits per heavy atom. The van der Waals surface area contributed by atoms with Gasteiger partial charge in [0.05, 0.1) is 18.8 Å². The van der Waals surface area contributed by atoms with E-state index < -0.39 is 19.0 Å². The number of rotatable bonds is 3. The van der Waals surface area contributed by atoms with Gasteiger partial charge in [-0.25, -0.2) is 8.78 Å². The third kappa shape index (κ3) is 3.05. The molecular formula is C19H25F2N3O. The molecule has 3 aliphatic rings. The molecule has 4 nitrogen and oxygen atoms in total. The molecule has 0 aromatic carbocycles. The number of hydrogen-bond donors (Lipinski definition) is 0. The van der Waals surface area contributed by atoms with Crippen molar-refractivity contribution >= 4 is 5.91 Å². The molecule has 0 radical (unpaired) electrons. The number of carbonyl (C=O) groups excluding carboxylic acids is 1. The van der Waals surface area contributed by atoms with Crippen LogP contribution in [0.15, 0.2) is 18.3 Å². The summed E-state index contributed by atoms with van der Waals surface area (Å²) < 4.78 is 26.3. The summed E-state index contributed by atoms with van der Waals surface area (Å²) in [5.41, 5.74) is 2.25. The maximum atomic E-state index is 13.1. The van der Waals surface area contributed by atoms with E-state index in [9.17, 15) is 13.6 Å². The highest BCUT2D eigenvalue weighted by atomic mass is 19.3. The lowest BCUT2D eigenvalue weighted by molar-refractivity contribution is -0.172. The molecule has 2 aliphatic heterocycles. The van der Waals surface area contributed by atoms with Crippen LogP contribution in [0.2, 0.25) is 0 Å². The van der Waals surface area contributed by atoms with Crippen LogP contribution < -0.4 is 0 Å². The minimum atomic E-state index is -2.68. The lowest BCUT2D eigenvalue weighted by Crippen LogP contribution is -2.60. The lowest BCUT2D eigenvalue weighted by Gasteiger charge is -2.42. The first-order chi connectivity index (χ1) is 11.9. The quantitative estimate of drug-likeness (QED) is 0.842. The average molecular weight is 349 g/mol. The van der Waals surface area contributed by atoms with Gasteiger partial charge >= 0.3 is 0 Å². The number of aryl methyl sites for hydroxylation is 1. The van der Waals surface area contributed by atoms with Crippen LogP contribution >= 0.6 is 0 Å². The highest BCUT2D eigenvalue weighted by Gasteiger charge is 2.55. The average Bonchev–Trinajstić information content (AvgIpc) is 3.14. The molecule has 6 heteroatoms. The number of pyridine rings is 1. The van der Waals surface area contributed by atoms with Crippen LogP contribution in [0.5, 0.6) is 0 Å². The van der Waals surface area contributed by atoms with Crippen molar-refractivity contribution in [2.45, 2.75) is 45.1 Å². The molecule has 1 amide bonds. The molecule has 25 heavy (non-hydrogen) atoms. The Hall–Kier alpha value is -1.56. The minimum Gasteiger partial charge on any atom is -0.330 e. The zero-order valence-corrected chi connectivity index (χ0v) is 14.7. The Morgan fingerprint density at radius 3 is 2.84 bits per heavy atom. The van der Waals surface area contributed by atoms with E-state index in [1.165, 1.54) is 10.5 Å². The van der Waals surface area contributed by atoms with Crippen molar-refractivity contribution in [1.82, 2.24) is 14.8 Å². The molecule has 136 valence electrons. The van der Waals surface area contributed by atoms with Gasteiger partial charge in [0.25, 0.3) is 5.92 Å². The van der Waals surface area contributed by atoms with E-state index in [1.54, 1.807) is 0 Å². The van der Waals surface area contributed by atoms with E-state index in [0.29, 0.717) is 0 Å². The Labute approximate surface area is 147 Å². The van der Waals surface area contributed by atoms with Crippen molar-refractivity contribution in [2.24, 2.45) is 11.3 Å². The maximum Gasteiger partial charge on any atom is 0.282 e. The SMILES string of the molecule is Cc1cccnc1CN1CC[C@@]2(CCC[C@H]2C(=O)N2CC(F)(F)C2)C1. The predicted octanol–water partition coefficient (Wildman–Crippen LogP) is 2.86. The van der Waals surface area contributed by atoms with E-state index >= 15 is 0 Å². The number of alkyl halides is 2. The first-order valence-electron chi connectivity index (χ1n) is 9.18. The zero-order valence-electron chi connectivity index (χ0n) is 14.7. The van der Waals surface area contributed by atoms with Crippen molar-refractivity contribution in [3.63, 3.8) is 0 Å². The second-order valence-electron chi connectivity index (χ2n) is 8.09. The normalized spacial score (nSPS) is 31.5. The molecule has 3 heterocycles. The first kappa shape index (κ1) is 16.9. The van der Waals surface area contributed by atoms with Crippen molar-refractivity contribution in [1.29, 1.82) is 0 Å². The fourth-order valence-corrected chi connectivity index (χ4v) is 4.92. The van der Waals surface area contributed by atoms with E-state index in [2.05, 4.69) is 22.9 Å². The van der Waals surface area contributed by atoms with Crippen LogP contribution in [0.4, 0.5) is 8.78 Å². The molecular weight excluding hydrogens is 324 g/mol. The van der Waals surface area contributed by atoms with Gasteiger partial charge in [-0.05, 0) is 49.8 Å². The molecule has 1 aromatic rings. The van der Waals surface area contributed by atoms with Crippen molar-refractivity contribution in [3.8, 4) is 0 Å². The van der Waals surface area contributed by atoms with Crippen LogP contribution in [-0.2, 0) is 11.3 Å². The van der Waals surface area contributed by atoms with Gasteiger partial charge in [0.15, 0.2) is 0 Å². The largest absolute Gasteiger partial charge is 0.330 e. The van der Waals surface area contributed by atoms with Crippen LogP contribution in [0.25, 0.3) is 0 Å². The van der Waals surface area contributed by atoms with E-state index in [-0.39, 0.29) is 17.2 Å². The number of likely N-dealkylation sites (tertiary alicyclic amines) is 2. The highest BCUT2D eigenvalue weighted by Crippen LogP contribution is 2.51. The molecule has 2 saturated heterocycles. The smallest absolute Gasteiger partial charge is 0.282 e. The summed E-state index contributed by atoms with van der Waals surface area (Å²) in [4.78, 5) is 21.0. The Kier molecular flexibility index (Phi) is 4.06. The van der Waals surface area contributed by atoms with Crippen LogP contribution in [0, 0.1) is 18.3 Å². The maximum absolute atomic E-state index is 13.1. The van der Waals surface area contributed by atoms with Gasteiger partial charge in [-0.3, -0.25) is 14.7 Å². The third-order valence-corrected chi connectivity index (χ3v) is 6.32. The van der Waals surface area contributed by atoms with Crippen molar-refractivity contribution < 1.29 is 13.6 Å². The molecule has 0 unspecified atom stereocenters. The first-order valence-corrected chi connectivity index (χ1v) is 9.18. The number of nitrogens with zero attached hydrogens (tertiary/aromatic N) is 3. The molecule has 4 rings (SSSR count). The summed E-state index contributed by atoms with van der Waals surface area (Å²) in [6.45, 7) is 3.92. The molecule has 1 spiro atoms. The van der Waals surface area contributed by atoms with E-state index in [1.807, 2.05) is 12.3 Å². The minimum absolute atomic E-state index is 0.0232. The number of amides is 1. The van der Waals surface area contributed by atoms with Crippen molar-refractivity contribution in [3.05, 3.63) is 29.6 Å². The second kappa shape index (κ2) is 6.01. The highest BCUT2D eigenvalue weighted by molar-refractivity contribution is 5.81. The number of halogens is 2. The molecule has 1 aliphatic carbocycles. The standard InChI is InChI=1S/C19H25F2N3O/c1-14-4-3-8-22-16(14)10-23-9-7-18(11-23)6-2-5-15(18)17(25)24-12-19(20,21)13-24/h3-4,8,15H,2,5-7,9-13H2,1H3/t15-,18-/m0/s1. The monoisotopic (exact) mass is 349 g/mol. The summed E-state index contributed by atoms with van der Waals surface area (Å²) in [5.74, 6) is -2.81. The topological polar surface area (TPSA) is 36.4 Å². The fraction of sp³-hybridized carbons (Fsp3) is 0.684. The number of hydrogen-bond acceptors (Lipinski definition) is 3. The summed E-state index contributed by atoms with van der Waals surface area (Å²) in [6.07, 6.45) is 5.71. The molecule has 2 atom stereocenters.